The summed E-state index contributed by atoms with van der Waals surface area (Å²) in [5.41, 5.74) is 0. The fourth-order valence-corrected chi connectivity index (χ4v) is 4.15. The monoisotopic (exact) mass is 256 g/mol. The van der Waals surface area contributed by atoms with Crippen LogP contribution < -0.4 is 0 Å². The largest absolute Gasteiger partial charge is 0.224 e. The van der Waals surface area contributed by atoms with Crippen LogP contribution in [0.5, 0.6) is 0 Å². The molecule has 1 aromatic carbocycles. The molecule has 0 saturated heterocycles. The summed E-state index contributed by atoms with van der Waals surface area (Å²) in [5.74, 6) is -0.0806. The Bertz CT molecular complexity index is 476. The van der Waals surface area contributed by atoms with Gasteiger partial charge in [-0.1, -0.05) is 25.3 Å². The molecule has 0 N–H and O–H groups in total. The zero-order valence-electron chi connectivity index (χ0n) is 9.73. The Labute approximate surface area is 102 Å². The van der Waals surface area contributed by atoms with Gasteiger partial charge < -0.3 is 0 Å². The lowest BCUT2D eigenvalue weighted by Crippen LogP contribution is -2.18. The van der Waals surface area contributed by atoms with Gasteiger partial charge in [-0.3, -0.25) is 0 Å². The number of hydrogen-bond acceptors (Lipinski definition) is 2. The molecule has 2 rings (SSSR count). The molecular weight excluding hydrogens is 239 g/mol. The number of halogens is 1. The first kappa shape index (κ1) is 12.6. The SMILES string of the molecule is O=S(=O)(CC1CCCCC1)c1cccc(F)c1. The average Bonchev–Trinajstić information content (AvgIpc) is 2.30. The first-order valence-corrected chi connectivity index (χ1v) is 7.71. The molecule has 1 aliphatic rings. The van der Waals surface area contributed by atoms with Crippen molar-refractivity contribution in [2.45, 2.75) is 37.0 Å². The van der Waals surface area contributed by atoms with Crippen molar-refractivity contribution >= 4 is 9.84 Å². The van der Waals surface area contributed by atoms with E-state index in [1.165, 1.54) is 24.6 Å². The number of rotatable bonds is 3. The van der Waals surface area contributed by atoms with E-state index in [2.05, 4.69) is 0 Å². The number of sulfone groups is 1. The summed E-state index contributed by atoms with van der Waals surface area (Å²) in [7, 11) is -3.32. The van der Waals surface area contributed by atoms with Gasteiger partial charge >= 0.3 is 0 Å². The van der Waals surface area contributed by atoms with Gasteiger partial charge in [0.1, 0.15) is 5.82 Å². The van der Waals surface area contributed by atoms with Crippen LogP contribution in [0.2, 0.25) is 0 Å². The standard InChI is InChI=1S/C13H17FO2S/c14-12-7-4-8-13(9-12)17(15,16)10-11-5-2-1-3-6-11/h4,7-9,11H,1-3,5-6,10H2. The fourth-order valence-electron chi connectivity index (χ4n) is 2.42. The van der Waals surface area contributed by atoms with E-state index < -0.39 is 15.7 Å². The molecule has 0 amide bonds. The van der Waals surface area contributed by atoms with Gasteiger partial charge in [-0.05, 0) is 37.0 Å². The summed E-state index contributed by atoms with van der Waals surface area (Å²) in [6.45, 7) is 0. The molecule has 1 aliphatic carbocycles. The summed E-state index contributed by atoms with van der Waals surface area (Å²) in [5, 5.41) is 0. The zero-order chi connectivity index (χ0) is 12.3. The summed E-state index contributed by atoms with van der Waals surface area (Å²) in [6, 6.07) is 5.29. The predicted octanol–water partition coefficient (Wildman–Crippen LogP) is 3.18. The third kappa shape index (κ3) is 3.28. The van der Waals surface area contributed by atoms with Gasteiger partial charge in [-0.25, -0.2) is 12.8 Å². The molecule has 0 spiro atoms. The van der Waals surface area contributed by atoms with E-state index in [9.17, 15) is 12.8 Å². The second-order valence-corrected chi connectivity index (χ2v) is 6.78. The van der Waals surface area contributed by atoms with E-state index in [0.717, 1.165) is 31.7 Å². The van der Waals surface area contributed by atoms with Crippen LogP contribution in [0.1, 0.15) is 32.1 Å². The lowest BCUT2D eigenvalue weighted by molar-refractivity contribution is 0.385. The van der Waals surface area contributed by atoms with Crippen LogP contribution in [0.4, 0.5) is 4.39 Å². The Morgan fingerprint density at radius 2 is 1.88 bits per heavy atom. The normalized spacial score (nSPS) is 18.2. The highest BCUT2D eigenvalue weighted by Gasteiger charge is 2.23. The summed E-state index contributed by atoms with van der Waals surface area (Å²) < 4.78 is 37.2. The summed E-state index contributed by atoms with van der Waals surface area (Å²) in [6.07, 6.45) is 5.40. The summed E-state index contributed by atoms with van der Waals surface area (Å²) >= 11 is 0. The van der Waals surface area contributed by atoms with Gasteiger partial charge in [0, 0.05) is 0 Å². The zero-order valence-corrected chi connectivity index (χ0v) is 10.5. The second kappa shape index (κ2) is 5.17. The molecule has 4 heteroatoms. The Morgan fingerprint density at radius 3 is 2.53 bits per heavy atom. The molecule has 0 heterocycles. The van der Waals surface area contributed by atoms with Gasteiger partial charge in [-0.15, -0.1) is 0 Å². The molecule has 1 saturated carbocycles. The lowest BCUT2D eigenvalue weighted by Gasteiger charge is -2.21. The molecular formula is C13H17FO2S. The number of benzene rings is 1. The summed E-state index contributed by atoms with van der Waals surface area (Å²) in [4.78, 5) is 0.114. The lowest BCUT2D eigenvalue weighted by atomic mass is 9.91. The van der Waals surface area contributed by atoms with Gasteiger partial charge in [0.2, 0.25) is 0 Å². The number of hydrogen-bond donors (Lipinski definition) is 0. The van der Waals surface area contributed by atoms with E-state index in [1.807, 2.05) is 0 Å². The Balaban J connectivity index is 2.13. The molecule has 2 nitrogen and oxygen atoms in total. The quantitative estimate of drug-likeness (QED) is 0.832. The van der Waals surface area contributed by atoms with Crippen LogP contribution in [0, 0.1) is 11.7 Å². The van der Waals surface area contributed by atoms with E-state index in [-0.39, 0.29) is 16.6 Å². The van der Waals surface area contributed by atoms with Gasteiger partial charge in [0.15, 0.2) is 9.84 Å². The van der Waals surface area contributed by atoms with Crippen LogP contribution in [0.15, 0.2) is 29.2 Å². The highest BCUT2D eigenvalue weighted by atomic mass is 32.2. The van der Waals surface area contributed by atoms with Crippen molar-refractivity contribution in [2.24, 2.45) is 5.92 Å². The van der Waals surface area contributed by atoms with Gasteiger partial charge in [0.25, 0.3) is 0 Å². The van der Waals surface area contributed by atoms with Crippen molar-refractivity contribution < 1.29 is 12.8 Å². The Morgan fingerprint density at radius 1 is 1.18 bits per heavy atom. The molecule has 17 heavy (non-hydrogen) atoms. The Kier molecular flexibility index (Phi) is 3.82. The third-order valence-electron chi connectivity index (χ3n) is 3.34. The molecule has 0 unspecified atom stereocenters. The highest BCUT2D eigenvalue weighted by molar-refractivity contribution is 7.91. The van der Waals surface area contributed by atoms with Crippen molar-refractivity contribution in [3.05, 3.63) is 30.1 Å². The molecule has 0 aromatic heterocycles. The van der Waals surface area contributed by atoms with E-state index in [1.54, 1.807) is 0 Å². The van der Waals surface area contributed by atoms with Crippen LogP contribution in [-0.4, -0.2) is 14.2 Å². The van der Waals surface area contributed by atoms with Crippen molar-refractivity contribution in [1.82, 2.24) is 0 Å². The van der Waals surface area contributed by atoms with Crippen molar-refractivity contribution in [3.63, 3.8) is 0 Å². The fraction of sp³-hybridized carbons (Fsp3) is 0.538. The maximum absolute atomic E-state index is 13.0. The van der Waals surface area contributed by atoms with Gasteiger partial charge in [-0.2, -0.15) is 0 Å². The minimum absolute atomic E-state index is 0.114. The second-order valence-electron chi connectivity index (χ2n) is 4.74. The van der Waals surface area contributed by atoms with E-state index in [0.29, 0.717) is 0 Å². The van der Waals surface area contributed by atoms with Crippen LogP contribution in [0.25, 0.3) is 0 Å². The smallest absolute Gasteiger partial charge is 0.178 e. The molecule has 0 aliphatic heterocycles. The van der Waals surface area contributed by atoms with Crippen molar-refractivity contribution in [3.8, 4) is 0 Å². The molecule has 0 bridgehead atoms. The van der Waals surface area contributed by atoms with Crippen LogP contribution in [-0.2, 0) is 9.84 Å². The third-order valence-corrected chi connectivity index (χ3v) is 5.22. The first-order valence-electron chi connectivity index (χ1n) is 6.06. The highest BCUT2D eigenvalue weighted by Crippen LogP contribution is 2.27. The molecule has 94 valence electrons. The van der Waals surface area contributed by atoms with Crippen LogP contribution in [0.3, 0.4) is 0 Å². The first-order chi connectivity index (χ1) is 8.08. The Hall–Kier alpha value is -0.900. The average molecular weight is 256 g/mol. The topological polar surface area (TPSA) is 34.1 Å². The van der Waals surface area contributed by atoms with E-state index in [4.69, 9.17) is 0 Å². The van der Waals surface area contributed by atoms with E-state index >= 15 is 0 Å². The minimum atomic E-state index is -3.32. The molecule has 1 fully saturated rings. The van der Waals surface area contributed by atoms with Crippen LogP contribution >= 0.6 is 0 Å². The maximum Gasteiger partial charge on any atom is 0.178 e. The minimum Gasteiger partial charge on any atom is -0.224 e. The molecule has 0 radical (unpaired) electrons. The molecule has 0 atom stereocenters. The maximum atomic E-state index is 13.0. The van der Waals surface area contributed by atoms with Crippen molar-refractivity contribution in [1.29, 1.82) is 0 Å². The van der Waals surface area contributed by atoms with Gasteiger partial charge in [0.05, 0.1) is 10.6 Å². The molecule has 1 aromatic rings. The van der Waals surface area contributed by atoms with Crippen molar-refractivity contribution in [2.75, 3.05) is 5.75 Å². The predicted molar refractivity (Wildman–Crippen MR) is 65.0 cm³/mol.